The van der Waals surface area contributed by atoms with E-state index < -0.39 is 5.97 Å². The largest absolute Gasteiger partial charge is 0.478 e. The third kappa shape index (κ3) is 4.53. The van der Waals surface area contributed by atoms with Gasteiger partial charge in [-0.25, -0.2) is 4.79 Å². The van der Waals surface area contributed by atoms with Crippen molar-refractivity contribution in [3.63, 3.8) is 0 Å². The van der Waals surface area contributed by atoms with Gasteiger partial charge in [0.15, 0.2) is 0 Å². The Labute approximate surface area is 174 Å². The monoisotopic (exact) mass is 411 g/mol. The van der Waals surface area contributed by atoms with Crippen LogP contribution in [0.1, 0.15) is 42.0 Å². The molecule has 1 N–H and O–H groups in total. The minimum absolute atomic E-state index is 0.135. The van der Waals surface area contributed by atoms with Crippen LogP contribution in [0.3, 0.4) is 0 Å². The first-order valence-electron chi connectivity index (χ1n) is 9.81. The van der Waals surface area contributed by atoms with Crippen LogP contribution in [0, 0.1) is 0 Å². The molecule has 28 heavy (non-hydrogen) atoms. The number of benzene rings is 1. The number of aliphatic carboxylic acids is 1. The molecule has 3 atom stereocenters. The van der Waals surface area contributed by atoms with E-state index in [0.29, 0.717) is 16.7 Å². The van der Waals surface area contributed by atoms with Gasteiger partial charge in [0.25, 0.3) is 0 Å². The van der Waals surface area contributed by atoms with Crippen LogP contribution in [0.25, 0.3) is 0 Å². The Morgan fingerprint density at radius 2 is 2.04 bits per heavy atom. The molecule has 1 aromatic heterocycles. The number of carbonyl (C=O) groups is 1. The first-order valence-corrected chi connectivity index (χ1v) is 11.6. The van der Waals surface area contributed by atoms with Gasteiger partial charge in [0.2, 0.25) is 0 Å². The van der Waals surface area contributed by atoms with Gasteiger partial charge in [0.05, 0.1) is 12.1 Å². The Kier molecular flexibility index (Phi) is 6.23. The van der Waals surface area contributed by atoms with Crippen molar-refractivity contribution in [2.24, 2.45) is 0 Å². The molecule has 5 heteroatoms. The van der Waals surface area contributed by atoms with Crippen molar-refractivity contribution < 1.29 is 9.90 Å². The van der Waals surface area contributed by atoms with Crippen molar-refractivity contribution in [2.75, 3.05) is 0 Å². The van der Waals surface area contributed by atoms with Gasteiger partial charge in [-0.2, -0.15) is 0 Å². The molecule has 0 saturated heterocycles. The van der Waals surface area contributed by atoms with E-state index in [1.165, 1.54) is 23.3 Å². The molecule has 0 radical (unpaired) electrons. The van der Waals surface area contributed by atoms with Crippen LogP contribution in [-0.4, -0.2) is 26.6 Å². The smallest absolute Gasteiger partial charge is 0.334 e. The maximum Gasteiger partial charge on any atom is 0.334 e. The number of thiophene rings is 1. The molecule has 1 aliphatic heterocycles. The van der Waals surface area contributed by atoms with E-state index in [-0.39, 0.29) is 5.37 Å². The van der Waals surface area contributed by atoms with Gasteiger partial charge >= 0.3 is 5.97 Å². The van der Waals surface area contributed by atoms with E-state index in [2.05, 4.69) is 52.7 Å². The molecule has 2 aromatic rings. The van der Waals surface area contributed by atoms with E-state index in [0.717, 1.165) is 19.4 Å². The molecule has 0 spiro atoms. The second-order valence-corrected chi connectivity index (χ2v) is 9.82. The van der Waals surface area contributed by atoms with Crippen molar-refractivity contribution in [3.05, 3.63) is 82.2 Å². The van der Waals surface area contributed by atoms with Crippen LogP contribution in [0.15, 0.2) is 71.8 Å². The summed E-state index contributed by atoms with van der Waals surface area (Å²) in [5.41, 5.74) is 1.91. The lowest BCUT2D eigenvalue weighted by Crippen LogP contribution is -2.36. The normalized spacial score (nSPS) is 24.8. The summed E-state index contributed by atoms with van der Waals surface area (Å²) >= 11 is 3.56. The SMILES string of the molecule is O=C(O)C1=CC=CN(Cc2cccs2)C1SC1CCCC(c2ccccc2)C1. The van der Waals surface area contributed by atoms with Gasteiger partial charge in [-0.15, -0.1) is 23.1 Å². The van der Waals surface area contributed by atoms with Crippen molar-refractivity contribution in [2.45, 2.75) is 48.8 Å². The molecule has 0 bridgehead atoms. The molecular formula is C23H25NO2S2. The van der Waals surface area contributed by atoms with Crippen molar-refractivity contribution >= 4 is 29.1 Å². The lowest BCUT2D eigenvalue weighted by atomic mass is 9.84. The summed E-state index contributed by atoms with van der Waals surface area (Å²) in [4.78, 5) is 15.3. The predicted molar refractivity (Wildman–Crippen MR) is 118 cm³/mol. The predicted octanol–water partition coefficient (Wildman–Crippen LogP) is 5.87. The Balaban J connectivity index is 1.49. The average Bonchev–Trinajstić information content (AvgIpc) is 3.23. The van der Waals surface area contributed by atoms with Crippen LogP contribution in [0.2, 0.25) is 0 Å². The second-order valence-electron chi connectivity index (χ2n) is 7.41. The average molecular weight is 412 g/mol. The van der Waals surface area contributed by atoms with E-state index in [1.807, 2.05) is 24.0 Å². The highest BCUT2D eigenvalue weighted by molar-refractivity contribution is 8.00. The van der Waals surface area contributed by atoms with Crippen LogP contribution in [0.5, 0.6) is 0 Å². The first-order chi connectivity index (χ1) is 13.7. The molecule has 2 heterocycles. The zero-order valence-electron chi connectivity index (χ0n) is 15.7. The number of nitrogens with zero attached hydrogens (tertiary/aromatic N) is 1. The third-order valence-corrected chi connectivity index (χ3v) is 7.96. The number of allylic oxidation sites excluding steroid dienone is 2. The summed E-state index contributed by atoms with van der Waals surface area (Å²) in [5.74, 6) is -0.233. The number of hydrogen-bond acceptors (Lipinski definition) is 4. The Hall–Kier alpha value is -1.98. The third-order valence-electron chi connectivity index (χ3n) is 5.50. The molecular weight excluding hydrogens is 386 g/mol. The highest BCUT2D eigenvalue weighted by Crippen LogP contribution is 2.42. The molecule has 1 aromatic carbocycles. The lowest BCUT2D eigenvalue weighted by molar-refractivity contribution is -0.133. The zero-order chi connectivity index (χ0) is 19.3. The fourth-order valence-corrected chi connectivity index (χ4v) is 6.47. The van der Waals surface area contributed by atoms with Crippen LogP contribution in [-0.2, 0) is 11.3 Å². The minimum atomic E-state index is -0.812. The number of rotatable bonds is 6. The molecule has 146 valence electrons. The van der Waals surface area contributed by atoms with Gasteiger partial charge in [-0.05, 0) is 54.3 Å². The van der Waals surface area contributed by atoms with Gasteiger partial charge < -0.3 is 10.0 Å². The second kappa shape index (κ2) is 9.01. The highest BCUT2D eigenvalue weighted by Gasteiger charge is 2.33. The topological polar surface area (TPSA) is 40.5 Å². The zero-order valence-corrected chi connectivity index (χ0v) is 17.4. The van der Waals surface area contributed by atoms with Crippen LogP contribution in [0.4, 0.5) is 0 Å². The quantitative estimate of drug-likeness (QED) is 0.645. The van der Waals surface area contributed by atoms with Gasteiger partial charge in [-0.3, -0.25) is 0 Å². The van der Waals surface area contributed by atoms with E-state index in [4.69, 9.17) is 0 Å². The van der Waals surface area contributed by atoms with Gasteiger partial charge in [0.1, 0.15) is 5.37 Å². The van der Waals surface area contributed by atoms with Crippen molar-refractivity contribution in [1.82, 2.24) is 4.90 Å². The molecule has 3 nitrogen and oxygen atoms in total. The summed E-state index contributed by atoms with van der Waals surface area (Å²) in [6.07, 6.45) is 10.4. The first kappa shape index (κ1) is 19.3. The van der Waals surface area contributed by atoms with Crippen LogP contribution >= 0.6 is 23.1 Å². The summed E-state index contributed by atoms with van der Waals surface area (Å²) < 4.78 is 0. The summed E-state index contributed by atoms with van der Waals surface area (Å²) in [5, 5.41) is 12.2. The highest BCUT2D eigenvalue weighted by atomic mass is 32.2. The molecule has 2 aliphatic rings. The molecule has 0 amide bonds. The molecule has 1 aliphatic carbocycles. The fraction of sp³-hybridized carbons (Fsp3) is 0.348. The maximum atomic E-state index is 11.9. The Morgan fingerprint density at radius 1 is 1.18 bits per heavy atom. The van der Waals surface area contributed by atoms with E-state index >= 15 is 0 Å². The summed E-state index contributed by atoms with van der Waals surface area (Å²) in [7, 11) is 0. The molecule has 3 unspecified atom stereocenters. The summed E-state index contributed by atoms with van der Waals surface area (Å²) in [6.45, 7) is 0.755. The van der Waals surface area contributed by atoms with Gasteiger partial charge in [-0.1, -0.05) is 42.8 Å². The van der Waals surface area contributed by atoms with E-state index in [9.17, 15) is 9.90 Å². The fourth-order valence-electron chi connectivity index (χ4n) is 4.12. The number of carboxylic acids is 1. The Morgan fingerprint density at radius 3 is 2.79 bits per heavy atom. The van der Waals surface area contributed by atoms with Crippen molar-refractivity contribution in [3.8, 4) is 0 Å². The number of hydrogen-bond donors (Lipinski definition) is 1. The van der Waals surface area contributed by atoms with Crippen LogP contribution < -0.4 is 0 Å². The Bertz CT molecular complexity index is 845. The van der Waals surface area contributed by atoms with Crippen molar-refractivity contribution in [1.29, 1.82) is 0 Å². The lowest BCUT2D eigenvalue weighted by Gasteiger charge is -2.37. The molecule has 4 rings (SSSR count). The standard InChI is InChI=1S/C23H25NO2S2/c25-23(26)21-12-5-13-24(16-20-11-6-14-27-20)22(21)28-19-10-4-9-18(15-19)17-7-2-1-3-8-17/h1-3,5-8,11-14,18-19,22H,4,9-10,15-16H2,(H,25,26). The number of carboxylic acid groups (broad SMARTS) is 1. The summed E-state index contributed by atoms with van der Waals surface area (Å²) in [6, 6.07) is 14.9. The molecule has 1 fully saturated rings. The minimum Gasteiger partial charge on any atom is -0.478 e. The number of thioether (sulfide) groups is 1. The van der Waals surface area contributed by atoms with Gasteiger partial charge in [0, 0.05) is 16.3 Å². The maximum absolute atomic E-state index is 11.9. The molecule has 1 saturated carbocycles. The van der Waals surface area contributed by atoms with E-state index in [1.54, 1.807) is 17.4 Å².